The number of quaternary nitrogens is 1. The van der Waals surface area contributed by atoms with Crippen LogP contribution in [0.2, 0.25) is 0 Å². The fourth-order valence-electron chi connectivity index (χ4n) is 3.56. The van der Waals surface area contributed by atoms with Gasteiger partial charge in [0, 0.05) is 0 Å². The molecule has 1 aliphatic heterocycles. The highest BCUT2D eigenvalue weighted by Crippen LogP contribution is 2.33. The summed E-state index contributed by atoms with van der Waals surface area (Å²) in [6.45, 7) is 8.25. The Bertz CT molecular complexity index is 656. The molecule has 0 aliphatic carbocycles. The molecular weight excluding hydrogens is 326 g/mol. The molecule has 26 heavy (non-hydrogen) atoms. The number of nitrogens with one attached hydrogen (secondary N) is 1. The van der Waals surface area contributed by atoms with Crippen LogP contribution in [0.25, 0.3) is 0 Å². The third-order valence-electron chi connectivity index (χ3n) is 5.19. The minimum absolute atomic E-state index is 0.137. The molecule has 138 valence electrons. The zero-order valence-electron chi connectivity index (χ0n) is 15.6. The zero-order valence-corrected chi connectivity index (χ0v) is 15.6. The molecule has 0 bridgehead atoms. The second-order valence-corrected chi connectivity index (χ2v) is 7.14. The van der Waals surface area contributed by atoms with E-state index in [1.165, 1.54) is 4.90 Å². The Kier molecular flexibility index (Phi) is 6.07. The van der Waals surface area contributed by atoms with Gasteiger partial charge in [-0.3, -0.25) is 4.79 Å². The van der Waals surface area contributed by atoms with E-state index in [4.69, 9.17) is 9.47 Å². The lowest BCUT2D eigenvalue weighted by molar-refractivity contribution is -0.910. The van der Waals surface area contributed by atoms with Crippen molar-refractivity contribution in [2.75, 3.05) is 32.8 Å². The second-order valence-electron chi connectivity index (χ2n) is 7.14. The molecule has 1 heterocycles. The van der Waals surface area contributed by atoms with Crippen molar-refractivity contribution in [3.05, 3.63) is 71.8 Å². The first-order chi connectivity index (χ1) is 12.6. The summed E-state index contributed by atoms with van der Waals surface area (Å²) in [5, 5.41) is 0. The van der Waals surface area contributed by atoms with Gasteiger partial charge in [-0.15, -0.1) is 0 Å². The van der Waals surface area contributed by atoms with Crippen molar-refractivity contribution in [1.82, 2.24) is 0 Å². The molecule has 3 rings (SSSR count). The Morgan fingerprint density at radius 2 is 1.54 bits per heavy atom. The van der Waals surface area contributed by atoms with Crippen molar-refractivity contribution in [3.8, 4) is 0 Å². The molecule has 0 unspecified atom stereocenters. The molecule has 2 aromatic carbocycles. The van der Waals surface area contributed by atoms with Crippen LogP contribution in [-0.4, -0.2) is 44.9 Å². The number of carbonyl (C=O) groups excluding carboxylic acids is 1. The van der Waals surface area contributed by atoms with Crippen LogP contribution in [0.1, 0.15) is 25.0 Å². The van der Waals surface area contributed by atoms with Gasteiger partial charge in [-0.1, -0.05) is 60.7 Å². The van der Waals surface area contributed by atoms with Crippen molar-refractivity contribution in [2.24, 2.45) is 0 Å². The van der Waals surface area contributed by atoms with Gasteiger partial charge in [0.2, 0.25) is 0 Å². The number of hydrogen-bond donors (Lipinski definition) is 1. The summed E-state index contributed by atoms with van der Waals surface area (Å²) in [6, 6.07) is 19.7. The van der Waals surface area contributed by atoms with Crippen molar-refractivity contribution < 1.29 is 19.2 Å². The van der Waals surface area contributed by atoms with Crippen LogP contribution in [-0.2, 0) is 19.7 Å². The fraction of sp³-hybridized carbons (Fsp3) is 0.409. The average molecular weight is 354 g/mol. The molecular formula is C22H28NO3+. The third kappa shape index (κ3) is 4.14. The standard InChI is InChI=1S/C22H27NO3/c1-18(17-23-13-15-25-16-14-23)26-21(24)22(2,19-9-5-3-6-10-19)20-11-7-4-8-12-20/h3-12,18H,13-17H2,1-2H3/p+1/t18-/m0/s1. The fourth-order valence-corrected chi connectivity index (χ4v) is 3.56. The Morgan fingerprint density at radius 3 is 2.04 bits per heavy atom. The molecule has 1 aliphatic rings. The molecule has 0 amide bonds. The van der Waals surface area contributed by atoms with E-state index in [2.05, 4.69) is 0 Å². The van der Waals surface area contributed by atoms with E-state index in [0.29, 0.717) is 0 Å². The van der Waals surface area contributed by atoms with Gasteiger partial charge in [0.05, 0.1) is 13.2 Å². The van der Waals surface area contributed by atoms with E-state index in [-0.39, 0.29) is 12.1 Å². The molecule has 1 saturated heterocycles. The van der Waals surface area contributed by atoms with Crippen LogP contribution < -0.4 is 4.90 Å². The third-order valence-corrected chi connectivity index (χ3v) is 5.19. The lowest BCUT2D eigenvalue weighted by atomic mass is 9.76. The summed E-state index contributed by atoms with van der Waals surface area (Å²) in [7, 11) is 0. The highest BCUT2D eigenvalue weighted by atomic mass is 16.5. The van der Waals surface area contributed by atoms with Gasteiger partial charge in [0.25, 0.3) is 0 Å². The van der Waals surface area contributed by atoms with Crippen molar-refractivity contribution in [3.63, 3.8) is 0 Å². The van der Waals surface area contributed by atoms with Crippen LogP contribution in [0, 0.1) is 0 Å². The molecule has 0 radical (unpaired) electrons. The minimum atomic E-state index is -0.822. The highest BCUT2D eigenvalue weighted by Gasteiger charge is 2.39. The first kappa shape index (κ1) is 18.6. The number of carbonyl (C=O) groups is 1. The quantitative estimate of drug-likeness (QED) is 0.805. The predicted molar refractivity (Wildman–Crippen MR) is 101 cm³/mol. The number of esters is 1. The summed E-state index contributed by atoms with van der Waals surface area (Å²) in [6.07, 6.45) is -0.137. The van der Waals surface area contributed by atoms with E-state index in [0.717, 1.165) is 44.0 Å². The molecule has 4 nitrogen and oxygen atoms in total. The van der Waals surface area contributed by atoms with Crippen LogP contribution >= 0.6 is 0 Å². The Balaban J connectivity index is 1.79. The normalized spacial score (nSPS) is 16.8. The summed E-state index contributed by atoms with van der Waals surface area (Å²) in [5.41, 5.74) is 1.07. The van der Waals surface area contributed by atoms with E-state index < -0.39 is 5.41 Å². The van der Waals surface area contributed by atoms with Crippen LogP contribution in [0.3, 0.4) is 0 Å². The number of benzene rings is 2. The van der Waals surface area contributed by atoms with Gasteiger partial charge in [-0.25, -0.2) is 0 Å². The maximum absolute atomic E-state index is 13.3. The Labute approximate surface area is 155 Å². The van der Waals surface area contributed by atoms with Crippen LogP contribution in [0.5, 0.6) is 0 Å². The lowest BCUT2D eigenvalue weighted by Crippen LogP contribution is -3.15. The predicted octanol–water partition coefficient (Wildman–Crippen LogP) is 1.84. The number of ether oxygens (including phenoxy) is 2. The molecule has 2 aromatic rings. The summed E-state index contributed by atoms with van der Waals surface area (Å²) in [5.74, 6) is -0.199. The maximum atomic E-state index is 13.3. The summed E-state index contributed by atoms with van der Waals surface area (Å²) in [4.78, 5) is 14.7. The van der Waals surface area contributed by atoms with E-state index >= 15 is 0 Å². The monoisotopic (exact) mass is 354 g/mol. The topological polar surface area (TPSA) is 40.0 Å². The Morgan fingerprint density at radius 1 is 1.04 bits per heavy atom. The first-order valence-electron chi connectivity index (χ1n) is 9.34. The highest BCUT2D eigenvalue weighted by molar-refractivity contribution is 5.87. The number of hydrogen-bond acceptors (Lipinski definition) is 3. The second kappa shape index (κ2) is 8.47. The number of rotatable bonds is 6. The molecule has 1 fully saturated rings. The molecule has 1 N–H and O–H groups in total. The maximum Gasteiger partial charge on any atom is 0.321 e. The molecule has 0 aromatic heterocycles. The van der Waals surface area contributed by atoms with Gasteiger partial charge < -0.3 is 14.4 Å². The van der Waals surface area contributed by atoms with E-state index in [1.54, 1.807) is 0 Å². The zero-order chi connectivity index (χ0) is 18.4. The van der Waals surface area contributed by atoms with Gasteiger partial charge in [0.1, 0.15) is 31.2 Å². The number of morpholine rings is 1. The van der Waals surface area contributed by atoms with Crippen molar-refractivity contribution in [2.45, 2.75) is 25.4 Å². The van der Waals surface area contributed by atoms with Gasteiger partial charge in [-0.05, 0) is 25.0 Å². The summed E-state index contributed by atoms with van der Waals surface area (Å²) < 4.78 is 11.3. The molecule has 4 heteroatoms. The molecule has 0 saturated carbocycles. The smallest absolute Gasteiger partial charge is 0.321 e. The van der Waals surface area contributed by atoms with Crippen molar-refractivity contribution >= 4 is 5.97 Å². The van der Waals surface area contributed by atoms with Crippen LogP contribution in [0.4, 0.5) is 0 Å². The average Bonchev–Trinajstić information content (AvgIpc) is 2.69. The van der Waals surface area contributed by atoms with E-state index in [9.17, 15) is 4.79 Å². The van der Waals surface area contributed by atoms with Gasteiger partial charge in [0.15, 0.2) is 0 Å². The van der Waals surface area contributed by atoms with Crippen molar-refractivity contribution in [1.29, 1.82) is 0 Å². The minimum Gasteiger partial charge on any atom is -0.456 e. The van der Waals surface area contributed by atoms with E-state index in [1.807, 2.05) is 74.5 Å². The van der Waals surface area contributed by atoms with Gasteiger partial charge >= 0.3 is 5.97 Å². The molecule has 0 spiro atoms. The molecule has 1 atom stereocenters. The largest absolute Gasteiger partial charge is 0.456 e. The van der Waals surface area contributed by atoms with Gasteiger partial charge in [-0.2, -0.15) is 0 Å². The van der Waals surface area contributed by atoms with Crippen LogP contribution in [0.15, 0.2) is 60.7 Å². The summed E-state index contributed by atoms with van der Waals surface area (Å²) >= 11 is 0. The SMILES string of the molecule is C[C@@H](C[NH+]1CCOCC1)OC(=O)C(C)(c1ccccc1)c1ccccc1. The Hall–Kier alpha value is -2.17. The first-order valence-corrected chi connectivity index (χ1v) is 9.34. The lowest BCUT2D eigenvalue weighted by Gasteiger charge is -2.31.